The van der Waals surface area contributed by atoms with Crippen molar-refractivity contribution in [3.05, 3.63) is 82.9 Å². The summed E-state index contributed by atoms with van der Waals surface area (Å²) in [7, 11) is 1.51. The first kappa shape index (κ1) is 21.2. The van der Waals surface area contributed by atoms with Crippen molar-refractivity contribution in [1.29, 1.82) is 0 Å². The predicted molar refractivity (Wildman–Crippen MR) is 117 cm³/mol. The number of ether oxygens (including phenoxy) is 2. The molecule has 6 nitrogen and oxygen atoms in total. The lowest BCUT2D eigenvalue weighted by Gasteiger charge is -2.14. The Morgan fingerprint density at radius 1 is 0.933 bits per heavy atom. The van der Waals surface area contributed by atoms with Gasteiger partial charge in [-0.3, -0.25) is 9.59 Å². The first-order chi connectivity index (χ1) is 14.5. The zero-order valence-corrected chi connectivity index (χ0v) is 17.3. The summed E-state index contributed by atoms with van der Waals surface area (Å²) in [4.78, 5) is 24.3. The third kappa shape index (κ3) is 5.52. The quantitative estimate of drug-likeness (QED) is 0.550. The summed E-state index contributed by atoms with van der Waals surface area (Å²) in [5, 5.41) is 6.16. The minimum absolute atomic E-state index is 0.238. The maximum atomic E-state index is 12.9. The van der Waals surface area contributed by atoms with Crippen molar-refractivity contribution in [2.45, 2.75) is 13.5 Å². The van der Waals surface area contributed by atoms with E-state index >= 15 is 0 Å². The smallest absolute Gasteiger partial charge is 0.259 e. The summed E-state index contributed by atoms with van der Waals surface area (Å²) < 4.78 is 11.1. The third-order valence-electron chi connectivity index (χ3n) is 4.21. The van der Waals surface area contributed by atoms with Gasteiger partial charge < -0.3 is 20.1 Å². The normalized spacial score (nSPS) is 10.2. The van der Waals surface area contributed by atoms with Crippen LogP contribution in [0, 0.1) is 0 Å². The van der Waals surface area contributed by atoms with Crippen molar-refractivity contribution < 1.29 is 19.1 Å². The molecule has 3 rings (SSSR count). The number of carbonyl (C=O) groups excluding carboxylic acids is 2. The molecule has 3 aromatic carbocycles. The van der Waals surface area contributed by atoms with Gasteiger partial charge in [0.15, 0.2) is 0 Å². The van der Waals surface area contributed by atoms with E-state index in [0.717, 1.165) is 5.56 Å². The molecule has 2 N–H and O–H groups in total. The average molecular weight is 425 g/mol. The lowest BCUT2D eigenvalue weighted by atomic mass is 10.1. The average Bonchev–Trinajstić information content (AvgIpc) is 2.73. The summed E-state index contributed by atoms with van der Waals surface area (Å²) >= 11 is 5.91. The first-order valence-electron chi connectivity index (χ1n) is 9.19. The van der Waals surface area contributed by atoms with E-state index in [-0.39, 0.29) is 11.8 Å². The van der Waals surface area contributed by atoms with Crippen molar-refractivity contribution in [3.63, 3.8) is 0 Å². The first-order valence-corrected chi connectivity index (χ1v) is 9.57. The molecule has 3 aromatic rings. The van der Waals surface area contributed by atoms with E-state index < -0.39 is 0 Å². The third-order valence-corrected chi connectivity index (χ3v) is 4.46. The van der Waals surface area contributed by atoms with Crippen LogP contribution in [-0.4, -0.2) is 18.9 Å². The largest absolute Gasteiger partial charge is 0.495 e. The number of benzene rings is 3. The Bertz CT molecular complexity index is 1050. The molecule has 0 aromatic heterocycles. The number of methoxy groups -OCH3 is 1. The number of para-hydroxylation sites is 1. The van der Waals surface area contributed by atoms with Gasteiger partial charge in [-0.05, 0) is 48.0 Å². The molecule has 30 heavy (non-hydrogen) atoms. The van der Waals surface area contributed by atoms with E-state index in [0.29, 0.717) is 40.1 Å². The standard InChI is InChI=1S/C23H21ClN2O4/c1-15(27)25-20-13-18(11-12-22(20)29-2)26-23(28)19-5-3-4-6-21(19)30-14-16-7-9-17(24)10-8-16/h3-13H,14H2,1-2H3,(H,25,27)(H,26,28). The minimum atomic E-state index is -0.333. The fourth-order valence-corrected chi connectivity index (χ4v) is 2.92. The number of anilines is 2. The SMILES string of the molecule is COc1ccc(NC(=O)c2ccccc2OCc2ccc(Cl)cc2)cc1NC(C)=O. The van der Waals surface area contributed by atoms with Crippen LogP contribution in [0.3, 0.4) is 0 Å². The van der Waals surface area contributed by atoms with Gasteiger partial charge in [0.25, 0.3) is 5.91 Å². The van der Waals surface area contributed by atoms with Gasteiger partial charge in [-0.25, -0.2) is 0 Å². The van der Waals surface area contributed by atoms with Gasteiger partial charge in [0.2, 0.25) is 5.91 Å². The topological polar surface area (TPSA) is 76.7 Å². The van der Waals surface area contributed by atoms with Crippen LogP contribution in [0.5, 0.6) is 11.5 Å². The number of hydrogen-bond donors (Lipinski definition) is 2. The second-order valence-electron chi connectivity index (χ2n) is 6.46. The van der Waals surface area contributed by atoms with E-state index in [1.165, 1.54) is 14.0 Å². The molecule has 0 aliphatic heterocycles. The van der Waals surface area contributed by atoms with Gasteiger partial charge in [-0.15, -0.1) is 0 Å². The predicted octanol–water partition coefficient (Wildman–Crippen LogP) is 5.14. The lowest BCUT2D eigenvalue weighted by molar-refractivity contribution is -0.114. The molecule has 0 unspecified atom stereocenters. The number of rotatable bonds is 7. The van der Waals surface area contributed by atoms with Crippen LogP contribution in [0.1, 0.15) is 22.8 Å². The Balaban J connectivity index is 1.75. The molecule has 0 aliphatic carbocycles. The number of nitrogens with one attached hydrogen (secondary N) is 2. The molecule has 0 atom stereocenters. The Morgan fingerprint density at radius 2 is 1.67 bits per heavy atom. The molecule has 0 aliphatic rings. The van der Waals surface area contributed by atoms with E-state index in [2.05, 4.69) is 10.6 Å². The second-order valence-corrected chi connectivity index (χ2v) is 6.90. The minimum Gasteiger partial charge on any atom is -0.495 e. The summed E-state index contributed by atoms with van der Waals surface area (Å²) in [6.07, 6.45) is 0. The molecule has 0 fully saturated rings. The lowest BCUT2D eigenvalue weighted by Crippen LogP contribution is -2.14. The van der Waals surface area contributed by atoms with Crippen LogP contribution in [0.4, 0.5) is 11.4 Å². The summed E-state index contributed by atoms with van der Waals surface area (Å²) in [6.45, 7) is 1.70. The maximum Gasteiger partial charge on any atom is 0.259 e. The van der Waals surface area contributed by atoms with Crippen molar-refractivity contribution >= 4 is 34.8 Å². The number of carbonyl (C=O) groups is 2. The highest BCUT2D eigenvalue weighted by Crippen LogP contribution is 2.29. The Hall–Kier alpha value is -3.51. The van der Waals surface area contributed by atoms with E-state index in [1.54, 1.807) is 54.6 Å². The zero-order valence-electron chi connectivity index (χ0n) is 16.6. The molecule has 0 radical (unpaired) electrons. The number of amides is 2. The summed E-state index contributed by atoms with van der Waals surface area (Å²) in [5.41, 5.74) is 2.31. The summed E-state index contributed by atoms with van der Waals surface area (Å²) in [5.74, 6) is 0.383. The van der Waals surface area contributed by atoms with Crippen LogP contribution in [0.15, 0.2) is 66.7 Å². The molecule has 154 valence electrons. The fourth-order valence-electron chi connectivity index (χ4n) is 2.79. The van der Waals surface area contributed by atoms with Crippen molar-refractivity contribution in [2.24, 2.45) is 0 Å². The van der Waals surface area contributed by atoms with E-state index in [4.69, 9.17) is 21.1 Å². The van der Waals surface area contributed by atoms with Crippen molar-refractivity contribution in [1.82, 2.24) is 0 Å². The van der Waals surface area contributed by atoms with Crippen LogP contribution >= 0.6 is 11.6 Å². The highest BCUT2D eigenvalue weighted by molar-refractivity contribution is 6.30. The van der Waals surface area contributed by atoms with Crippen molar-refractivity contribution in [2.75, 3.05) is 17.7 Å². The van der Waals surface area contributed by atoms with Gasteiger partial charge >= 0.3 is 0 Å². The zero-order chi connectivity index (χ0) is 21.5. The number of halogens is 1. The molecular formula is C23H21ClN2O4. The maximum absolute atomic E-state index is 12.9. The van der Waals surface area contributed by atoms with Gasteiger partial charge in [-0.1, -0.05) is 35.9 Å². The highest BCUT2D eigenvalue weighted by Gasteiger charge is 2.14. The van der Waals surface area contributed by atoms with Gasteiger partial charge in [0.1, 0.15) is 18.1 Å². The molecule has 0 heterocycles. The molecule has 2 amide bonds. The fraction of sp³-hybridized carbons (Fsp3) is 0.130. The monoisotopic (exact) mass is 424 g/mol. The highest BCUT2D eigenvalue weighted by atomic mass is 35.5. The van der Waals surface area contributed by atoms with Gasteiger partial charge in [0, 0.05) is 17.6 Å². The van der Waals surface area contributed by atoms with Crippen molar-refractivity contribution in [3.8, 4) is 11.5 Å². The summed E-state index contributed by atoms with van der Waals surface area (Å²) in [6, 6.07) is 19.3. The van der Waals surface area contributed by atoms with Crippen LogP contribution in [0.25, 0.3) is 0 Å². The second kappa shape index (κ2) is 9.80. The molecule has 0 bridgehead atoms. The number of hydrogen-bond acceptors (Lipinski definition) is 4. The molecular weight excluding hydrogens is 404 g/mol. The van der Waals surface area contributed by atoms with Crippen LogP contribution < -0.4 is 20.1 Å². The Kier molecular flexibility index (Phi) is 6.93. The van der Waals surface area contributed by atoms with E-state index in [1.807, 2.05) is 12.1 Å². The molecule has 0 saturated carbocycles. The molecule has 0 spiro atoms. The van der Waals surface area contributed by atoms with E-state index in [9.17, 15) is 9.59 Å². The van der Waals surface area contributed by atoms with Crippen LogP contribution in [-0.2, 0) is 11.4 Å². The molecule has 7 heteroatoms. The Morgan fingerprint density at radius 3 is 2.37 bits per heavy atom. The van der Waals surface area contributed by atoms with Gasteiger partial charge in [0.05, 0.1) is 18.4 Å². The Labute approximate surface area is 179 Å². The molecule has 0 saturated heterocycles. The van der Waals surface area contributed by atoms with Crippen LogP contribution in [0.2, 0.25) is 5.02 Å². The van der Waals surface area contributed by atoms with Gasteiger partial charge in [-0.2, -0.15) is 0 Å².